The highest BCUT2D eigenvalue weighted by Gasteiger charge is 2.33. The molecule has 1 aliphatic rings. The lowest BCUT2D eigenvalue weighted by Crippen LogP contribution is -2.23. The third kappa shape index (κ3) is 2.76. The Balaban J connectivity index is 2.07. The molecule has 0 amide bonds. The summed E-state index contributed by atoms with van der Waals surface area (Å²) in [6.45, 7) is -1.18. The lowest BCUT2D eigenvalue weighted by Gasteiger charge is -2.17. The molecule has 0 aliphatic carbocycles. The quantitative estimate of drug-likeness (QED) is 0.875. The van der Waals surface area contributed by atoms with E-state index in [9.17, 15) is 13.6 Å². The normalized spacial score (nSPS) is 14.1. The molecule has 1 N–H and O–H groups in total. The summed E-state index contributed by atoms with van der Waals surface area (Å²) in [5, 5.41) is 8.32. The molecule has 1 heterocycles. The first-order valence-electron chi connectivity index (χ1n) is 5.42. The van der Waals surface area contributed by atoms with Crippen LogP contribution in [0.3, 0.4) is 0 Å². The van der Waals surface area contributed by atoms with Gasteiger partial charge in [0, 0.05) is 12.0 Å². The maximum absolute atomic E-state index is 13.7. The fourth-order valence-corrected chi connectivity index (χ4v) is 1.76. The van der Waals surface area contributed by atoms with Crippen molar-refractivity contribution < 1.29 is 28.2 Å². The molecule has 0 radical (unpaired) electrons. The van der Waals surface area contributed by atoms with Gasteiger partial charge in [-0.1, -0.05) is 0 Å². The monoisotopic (exact) mass is 258 g/mol. The minimum atomic E-state index is -3.20. The van der Waals surface area contributed by atoms with E-state index in [1.54, 1.807) is 0 Å². The average molecular weight is 258 g/mol. The molecule has 0 saturated heterocycles. The first kappa shape index (κ1) is 12.8. The number of hydrogen-bond acceptors (Lipinski definition) is 3. The Morgan fingerprint density at radius 1 is 1.50 bits per heavy atom. The van der Waals surface area contributed by atoms with Crippen LogP contribution in [0.15, 0.2) is 18.2 Å². The van der Waals surface area contributed by atoms with Gasteiger partial charge >= 0.3 is 5.97 Å². The molecule has 6 heteroatoms. The van der Waals surface area contributed by atoms with Crippen molar-refractivity contribution in [3.63, 3.8) is 0 Å². The van der Waals surface area contributed by atoms with E-state index in [0.717, 1.165) is 5.56 Å². The lowest BCUT2D eigenvalue weighted by molar-refractivity contribution is -0.147. The van der Waals surface area contributed by atoms with Crippen molar-refractivity contribution in [2.24, 2.45) is 0 Å². The van der Waals surface area contributed by atoms with E-state index >= 15 is 0 Å². The summed E-state index contributed by atoms with van der Waals surface area (Å²) >= 11 is 0. The van der Waals surface area contributed by atoms with E-state index in [0.29, 0.717) is 18.8 Å². The van der Waals surface area contributed by atoms with Gasteiger partial charge in [0.05, 0.1) is 6.61 Å². The van der Waals surface area contributed by atoms with E-state index in [2.05, 4.69) is 4.74 Å². The molecule has 0 atom stereocenters. The fourth-order valence-electron chi connectivity index (χ4n) is 1.76. The second-order valence-electron chi connectivity index (χ2n) is 4.01. The molecular weight excluding hydrogens is 246 g/mol. The summed E-state index contributed by atoms with van der Waals surface area (Å²) < 4.78 is 37.1. The third-order valence-electron chi connectivity index (χ3n) is 2.62. The van der Waals surface area contributed by atoms with Gasteiger partial charge in [0.2, 0.25) is 0 Å². The van der Waals surface area contributed by atoms with Gasteiger partial charge in [-0.3, -0.25) is 0 Å². The summed E-state index contributed by atoms with van der Waals surface area (Å²) in [6.07, 6.45) is 0.606. The van der Waals surface area contributed by atoms with E-state index in [-0.39, 0.29) is 5.56 Å². The summed E-state index contributed by atoms with van der Waals surface area (Å²) in [6, 6.07) is 4.16. The van der Waals surface area contributed by atoms with Crippen molar-refractivity contribution in [1.29, 1.82) is 0 Å². The molecule has 4 nitrogen and oxygen atoms in total. The van der Waals surface area contributed by atoms with Crippen LogP contribution in [0, 0.1) is 0 Å². The molecular formula is C12H12F2O4. The molecule has 0 unspecified atom stereocenters. The molecule has 1 aromatic rings. The topological polar surface area (TPSA) is 55.8 Å². The van der Waals surface area contributed by atoms with Crippen LogP contribution in [-0.2, 0) is 21.9 Å². The number of rotatable bonds is 5. The minimum Gasteiger partial charge on any atom is -0.493 e. The summed E-state index contributed by atoms with van der Waals surface area (Å²) in [5.74, 6) is -3.85. The Bertz CT molecular complexity index is 459. The number of carbonyl (C=O) groups is 1. The first-order chi connectivity index (χ1) is 8.49. The van der Waals surface area contributed by atoms with Crippen molar-refractivity contribution in [3.8, 4) is 5.75 Å². The number of benzene rings is 1. The van der Waals surface area contributed by atoms with Gasteiger partial charge in [-0.15, -0.1) is 0 Å². The number of hydrogen-bond donors (Lipinski definition) is 1. The molecule has 0 saturated carbocycles. The molecule has 1 aromatic carbocycles. The fraction of sp³-hybridized carbons (Fsp3) is 0.417. The van der Waals surface area contributed by atoms with E-state index < -0.39 is 25.1 Å². The van der Waals surface area contributed by atoms with Crippen LogP contribution in [0.25, 0.3) is 0 Å². The van der Waals surface area contributed by atoms with Crippen molar-refractivity contribution in [1.82, 2.24) is 0 Å². The van der Waals surface area contributed by atoms with Crippen molar-refractivity contribution in [2.75, 3.05) is 19.8 Å². The van der Waals surface area contributed by atoms with Gasteiger partial charge < -0.3 is 14.6 Å². The van der Waals surface area contributed by atoms with E-state index in [1.165, 1.54) is 18.2 Å². The molecule has 0 bridgehead atoms. The number of carboxylic acid groups (broad SMARTS) is 1. The number of fused-ring (bicyclic) bond motifs is 1. The van der Waals surface area contributed by atoms with Gasteiger partial charge in [0.1, 0.15) is 19.0 Å². The average Bonchev–Trinajstić information content (AvgIpc) is 2.74. The van der Waals surface area contributed by atoms with Crippen molar-refractivity contribution in [2.45, 2.75) is 12.3 Å². The minimum absolute atomic E-state index is 0.183. The van der Waals surface area contributed by atoms with Crippen LogP contribution < -0.4 is 4.74 Å². The Morgan fingerprint density at radius 2 is 2.28 bits per heavy atom. The number of aliphatic carboxylic acids is 1. The van der Waals surface area contributed by atoms with Crippen molar-refractivity contribution in [3.05, 3.63) is 29.3 Å². The predicted octanol–water partition coefficient (Wildman–Crippen LogP) is 1.81. The standard InChI is InChI=1S/C12H12F2O4/c13-12(14,7-17-6-11(15)16)9-1-2-10-8(5-9)3-4-18-10/h1-2,5H,3-4,6-7H2,(H,15,16). The second kappa shape index (κ2) is 4.89. The highest BCUT2D eigenvalue weighted by molar-refractivity contribution is 5.68. The first-order valence-corrected chi connectivity index (χ1v) is 5.42. The number of halogens is 2. The van der Waals surface area contributed by atoms with Crippen LogP contribution >= 0.6 is 0 Å². The Hall–Kier alpha value is -1.69. The highest BCUT2D eigenvalue weighted by Crippen LogP contribution is 2.33. The van der Waals surface area contributed by atoms with Crippen LogP contribution in [0.1, 0.15) is 11.1 Å². The Labute approximate surface area is 102 Å². The zero-order valence-corrected chi connectivity index (χ0v) is 9.49. The molecule has 0 aromatic heterocycles. The van der Waals surface area contributed by atoms with Gasteiger partial charge in [-0.25, -0.2) is 4.79 Å². The summed E-state index contributed by atoms with van der Waals surface area (Å²) in [7, 11) is 0. The van der Waals surface area contributed by atoms with E-state index in [4.69, 9.17) is 9.84 Å². The van der Waals surface area contributed by atoms with Crippen molar-refractivity contribution >= 4 is 5.97 Å². The smallest absolute Gasteiger partial charge is 0.329 e. The van der Waals surface area contributed by atoms with Crippen LogP contribution in [0.5, 0.6) is 5.75 Å². The zero-order valence-electron chi connectivity index (χ0n) is 9.49. The number of carboxylic acids is 1. The lowest BCUT2D eigenvalue weighted by atomic mass is 10.0. The Kier molecular flexibility index (Phi) is 3.47. The summed E-state index contributed by atoms with van der Waals surface area (Å²) in [5.41, 5.74) is 0.558. The number of ether oxygens (including phenoxy) is 2. The zero-order chi connectivity index (χ0) is 13.2. The van der Waals surface area contributed by atoms with Gasteiger partial charge in [0.15, 0.2) is 0 Å². The van der Waals surface area contributed by atoms with Gasteiger partial charge in [-0.2, -0.15) is 8.78 Å². The van der Waals surface area contributed by atoms with Gasteiger partial charge in [-0.05, 0) is 23.8 Å². The molecule has 0 spiro atoms. The maximum Gasteiger partial charge on any atom is 0.329 e. The summed E-state index contributed by atoms with van der Waals surface area (Å²) in [4.78, 5) is 10.2. The molecule has 2 rings (SSSR count). The number of alkyl halides is 2. The predicted molar refractivity (Wildman–Crippen MR) is 58.0 cm³/mol. The molecule has 0 fully saturated rings. The molecule has 18 heavy (non-hydrogen) atoms. The third-order valence-corrected chi connectivity index (χ3v) is 2.62. The van der Waals surface area contributed by atoms with E-state index in [1.807, 2.05) is 0 Å². The van der Waals surface area contributed by atoms with Crippen LogP contribution in [0.2, 0.25) is 0 Å². The van der Waals surface area contributed by atoms with Crippen LogP contribution in [-0.4, -0.2) is 30.9 Å². The second-order valence-corrected chi connectivity index (χ2v) is 4.01. The molecule has 98 valence electrons. The highest BCUT2D eigenvalue weighted by atomic mass is 19.3. The molecule has 1 aliphatic heterocycles. The SMILES string of the molecule is O=C(O)COCC(F)(F)c1ccc2c(c1)CCO2. The Morgan fingerprint density at radius 3 is 3.00 bits per heavy atom. The van der Waals surface area contributed by atoms with Gasteiger partial charge in [0.25, 0.3) is 5.92 Å². The van der Waals surface area contributed by atoms with Crippen LogP contribution in [0.4, 0.5) is 8.78 Å². The largest absolute Gasteiger partial charge is 0.493 e. The maximum atomic E-state index is 13.7.